The number of hydrogen-bond acceptors (Lipinski definition) is 3. The Labute approximate surface area is 53.6 Å². The highest BCUT2D eigenvalue weighted by Gasteiger charge is 2.01. The molecular formula is C6H7N3. The topological polar surface area (TPSA) is 53.0 Å². The first kappa shape index (κ1) is 5.86. The van der Waals surface area contributed by atoms with Gasteiger partial charge in [0.1, 0.15) is 11.8 Å². The van der Waals surface area contributed by atoms with E-state index in [1.807, 2.05) is 12.1 Å². The van der Waals surface area contributed by atoms with E-state index in [1.54, 1.807) is 12.3 Å². The van der Waals surface area contributed by atoms with E-state index in [9.17, 15) is 0 Å². The van der Waals surface area contributed by atoms with Crippen molar-refractivity contribution in [2.45, 2.75) is 6.42 Å². The summed E-state index contributed by atoms with van der Waals surface area (Å²) in [7, 11) is 0. The van der Waals surface area contributed by atoms with E-state index < -0.39 is 0 Å². The second kappa shape index (κ2) is 2.33. The molecule has 0 fully saturated rings. The monoisotopic (exact) mass is 121 g/mol. The van der Waals surface area contributed by atoms with Gasteiger partial charge in [-0.1, -0.05) is 6.08 Å². The molecule has 0 radical (unpaired) electrons. The van der Waals surface area contributed by atoms with Crippen LogP contribution in [0.15, 0.2) is 24.0 Å². The van der Waals surface area contributed by atoms with Crippen molar-refractivity contribution < 1.29 is 0 Å². The Kier molecular flexibility index (Phi) is 1.52. The summed E-state index contributed by atoms with van der Waals surface area (Å²) >= 11 is 0. The molecule has 3 nitrogen and oxygen atoms in total. The van der Waals surface area contributed by atoms with E-state index in [1.165, 1.54) is 5.01 Å². The van der Waals surface area contributed by atoms with Crippen LogP contribution < -0.4 is 5.84 Å². The molecule has 0 aromatic heterocycles. The quantitative estimate of drug-likeness (QED) is 0.474. The molecule has 0 spiro atoms. The second-order valence-corrected chi connectivity index (χ2v) is 1.73. The molecule has 0 aromatic rings. The van der Waals surface area contributed by atoms with E-state index in [2.05, 4.69) is 0 Å². The van der Waals surface area contributed by atoms with Gasteiger partial charge in [-0.05, 0) is 12.5 Å². The number of nitrogens with zero attached hydrogens (tertiary/aromatic N) is 2. The molecule has 0 atom stereocenters. The maximum absolute atomic E-state index is 8.39. The number of nitrogens with two attached hydrogens (primary N) is 1. The Morgan fingerprint density at radius 1 is 1.78 bits per heavy atom. The Balaban J connectivity index is 2.73. The third kappa shape index (κ3) is 1.09. The summed E-state index contributed by atoms with van der Waals surface area (Å²) in [6, 6.07) is 1.96. The molecule has 0 aliphatic carbocycles. The lowest BCUT2D eigenvalue weighted by Crippen LogP contribution is -2.24. The van der Waals surface area contributed by atoms with Crippen LogP contribution in [0.2, 0.25) is 0 Å². The summed E-state index contributed by atoms with van der Waals surface area (Å²) in [4.78, 5) is 0. The first-order valence-electron chi connectivity index (χ1n) is 2.65. The normalized spacial score (nSPS) is 16.9. The van der Waals surface area contributed by atoms with Gasteiger partial charge in [0.05, 0.1) is 0 Å². The highest BCUT2D eigenvalue weighted by Crippen LogP contribution is 2.05. The summed E-state index contributed by atoms with van der Waals surface area (Å²) < 4.78 is 0. The molecule has 3 heteroatoms. The standard InChI is InChI=1S/C6H7N3/c7-5-6-3-1-2-4-9(6)8/h2-4H,1,8H2. The van der Waals surface area contributed by atoms with Crippen molar-refractivity contribution in [1.29, 1.82) is 5.26 Å². The van der Waals surface area contributed by atoms with Crippen LogP contribution in [0.1, 0.15) is 6.42 Å². The molecule has 2 N–H and O–H groups in total. The summed E-state index contributed by atoms with van der Waals surface area (Å²) in [5.74, 6) is 5.35. The molecule has 0 unspecified atom stereocenters. The van der Waals surface area contributed by atoms with Crippen molar-refractivity contribution in [3.05, 3.63) is 24.0 Å². The second-order valence-electron chi connectivity index (χ2n) is 1.73. The van der Waals surface area contributed by atoms with Crippen LogP contribution in [-0.2, 0) is 0 Å². The molecule has 1 rings (SSSR count). The Morgan fingerprint density at radius 3 is 3.00 bits per heavy atom. The molecule has 1 aliphatic heterocycles. The fourth-order valence-corrected chi connectivity index (χ4v) is 0.643. The van der Waals surface area contributed by atoms with Crippen molar-refractivity contribution >= 4 is 0 Å². The number of nitriles is 1. The number of hydrazine groups is 1. The number of hydrogen-bond donors (Lipinski definition) is 1. The van der Waals surface area contributed by atoms with Crippen LogP contribution in [0.25, 0.3) is 0 Å². The minimum absolute atomic E-state index is 0.512. The van der Waals surface area contributed by atoms with Crippen LogP contribution in [0.4, 0.5) is 0 Å². The first-order valence-corrected chi connectivity index (χ1v) is 2.65. The lowest BCUT2D eigenvalue weighted by Gasteiger charge is -2.13. The van der Waals surface area contributed by atoms with Crippen molar-refractivity contribution in [2.24, 2.45) is 5.84 Å². The highest BCUT2D eigenvalue weighted by atomic mass is 15.4. The van der Waals surface area contributed by atoms with Gasteiger partial charge in [0.15, 0.2) is 0 Å². The zero-order chi connectivity index (χ0) is 6.69. The fraction of sp³-hybridized carbons (Fsp3) is 0.167. The molecule has 1 aliphatic rings. The van der Waals surface area contributed by atoms with Gasteiger partial charge < -0.3 is 0 Å². The van der Waals surface area contributed by atoms with Gasteiger partial charge in [0.2, 0.25) is 0 Å². The van der Waals surface area contributed by atoms with Crippen LogP contribution in [-0.4, -0.2) is 5.01 Å². The Bertz CT molecular complexity index is 197. The predicted octanol–water partition coefficient (Wildman–Crippen LogP) is 0.487. The van der Waals surface area contributed by atoms with Crippen LogP contribution >= 0.6 is 0 Å². The van der Waals surface area contributed by atoms with Gasteiger partial charge in [0, 0.05) is 6.20 Å². The average Bonchev–Trinajstić information content (AvgIpc) is 1.89. The largest absolute Gasteiger partial charge is 0.277 e. The van der Waals surface area contributed by atoms with Crippen molar-refractivity contribution in [3.63, 3.8) is 0 Å². The summed E-state index contributed by atoms with van der Waals surface area (Å²) in [5.41, 5.74) is 0.512. The molecule has 0 aromatic carbocycles. The van der Waals surface area contributed by atoms with E-state index in [0.717, 1.165) is 6.42 Å². The third-order valence-electron chi connectivity index (χ3n) is 1.11. The molecule has 0 saturated carbocycles. The maximum Gasteiger partial charge on any atom is 0.130 e. The van der Waals surface area contributed by atoms with Crippen LogP contribution in [0.3, 0.4) is 0 Å². The van der Waals surface area contributed by atoms with E-state index in [4.69, 9.17) is 11.1 Å². The van der Waals surface area contributed by atoms with Gasteiger partial charge >= 0.3 is 0 Å². The zero-order valence-electron chi connectivity index (χ0n) is 4.91. The Hall–Kier alpha value is -1.27. The third-order valence-corrected chi connectivity index (χ3v) is 1.11. The number of allylic oxidation sites excluding steroid dienone is 3. The lowest BCUT2D eigenvalue weighted by molar-refractivity contribution is 0.501. The van der Waals surface area contributed by atoms with Gasteiger partial charge in [0.25, 0.3) is 0 Å². The molecular weight excluding hydrogens is 114 g/mol. The number of rotatable bonds is 0. The van der Waals surface area contributed by atoms with Gasteiger partial charge in [-0.25, -0.2) is 5.84 Å². The molecule has 9 heavy (non-hydrogen) atoms. The van der Waals surface area contributed by atoms with E-state index >= 15 is 0 Å². The minimum atomic E-state index is 0.512. The predicted molar refractivity (Wildman–Crippen MR) is 33.5 cm³/mol. The maximum atomic E-state index is 8.39. The molecule has 0 saturated heterocycles. The molecule has 1 heterocycles. The van der Waals surface area contributed by atoms with Crippen molar-refractivity contribution in [2.75, 3.05) is 0 Å². The van der Waals surface area contributed by atoms with E-state index in [0.29, 0.717) is 5.70 Å². The first-order chi connectivity index (χ1) is 4.34. The zero-order valence-corrected chi connectivity index (χ0v) is 4.91. The van der Waals surface area contributed by atoms with Gasteiger partial charge in [-0.3, -0.25) is 5.01 Å². The lowest BCUT2D eigenvalue weighted by atomic mass is 10.3. The van der Waals surface area contributed by atoms with Crippen molar-refractivity contribution in [1.82, 2.24) is 5.01 Å². The summed E-state index contributed by atoms with van der Waals surface area (Å²) in [6.45, 7) is 0. The molecule has 0 amide bonds. The summed E-state index contributed by atoms with van der Waals surface area (Å²) in [6.07, 6.45) is 6.15. The van der Waals surface area contributed by atoms with E-state index in [-0.39, 0.29) is 0 Å². The smallest absolute Gasteiger partial charge is 0.130 e. The Morgan fingerprint density at radius 2 is 2.56 bits per heavy atom. The minimum Gasteiger partial charge on any atom is -0.277 e. The summed E-state index contributed by atoms with van der Waals surface area (Å²) in [5, 5.41) is 9.70. The van der Waals surface area contributed by atoms with Gasteiger partial charge in [-0.2, -0.15) is 5.26 Å². The van der Waals surface area contributed by atoms with Crippen LogP contribution in [0.5, 0.6) is 0 Å². The molecule has 0 bridgehead atoms. The average molecular weight is 121 g/mol. The van der Waals surface area contributed by atoms with Crippen molar-refractivity contribution in [3.8, 4) is 6.07 Å². The SMILES string of the molecule is N#CC1=CCC=CN1N. The van der Waals surface area contributed by atoms with Crippen LogP contribution in [0, 0.1) is 11.3 Å². The van der Waals surface area contributed by atoms with Gasteiger partial charge in [-0.15, -0.1) is 0 Å². The molecule has 46 valence electrons. The fourth-order valence-electron chi connectivity index (χ4n) is 0.643. The highest BCUT2D eigenvalue weighted by molar-refractivity contribution is 5.24.